The Labute approximate surface area is 87.9 Å². The van der Waals surface area contributed by atoms with Crippen LogP contribution in [0.1, 0.15) is 1.43 Å². The summed E-state index contributed by atoms with van der Waals surface area (Å²) in [5.41, 5.74) is 0. The third-order valence-electron chi connectivity index (χ3n) is 0. The fourth-order valence-electron chi connectivity index (χ4n) is 0. The molecule has 0 heterocycles. The Morgan fingerprint density at radius 3 is 1.40 bits per heavy atom. The van der Waals surface area contributed by atoms with Crippen molar-refractivity contribution in [3.63, 3.8) is 0 Å². The van der Waals surface area contributed by atoms with E-state index in [9.17, 15) is 0 Å². The average Bonchev–Trinajstić information content (AvgIpc) is 1.00. The van der Waals surface area contributed by atoms with Crippen LogP contribution in [-0.4, -0.2) is 0 Å². The minimum atomic E-state index is 0. The Balaban J connectivity index is -0.000000000833. The summed E-state index contributed by atoms with van der Waals surface area (Å²) in [7, 11) is 0. The number of hydrogen-bond acceptors (Lipinski definition) is 1. The Kier molecular flexibility index (Phi) is 160. The molecule has 0 N–H and O–H groups in total. The fraction of sp³-hybridized carbons (Fsp3) is 0. The molecule has 0 aromatic heterocycles. The summed E-state index contributed by atoms with van der Waals surface area (Å²) in [5, 5.41) is 0. The van der Waals surface area contributed by atoms with Gasteiger partial charge in [-0.25, -0.2) is 0 Å². The van der Waals surface area contributed by atoms with E-state index >= 15 is 0 Å². The van der Waals surface area contributed by atoms with E-state index in [1.54, 1.807) is 0 Å². The van der Waals surface area contributed by atoms with Crippen molar-refractivity contribution in [3.8, 4) is 0 Å². The maximum absolute atomic E-state index is 7.94. The Bertz CT molecular complexity index is 15.5. The molecule has 5 heteroatoms. The second-order valence-corrected chi connectivity index (χ2v) is 0. The first-order valence-corrected chi connectivity index (χ1v) is 0.561. The van der Waals surface area contributed by atoms with Gasteiger partial charge in [-0.05, 0) is 0 Å². The molecule has 5 heavy (non-hydrogen) atoms. The van der Waals surface area contributed by atoms with E-state index in [1.807, 2.05) is 0 Å². The smallest absolute Gasteiger partial charge is 0 e. The van der Waals surface area contributed by atoms with E-state index in [1.165, 1.54) is 0 Å². The molecule has 32 valence electrons. The third-order valence-corrected chi connectivity index (χ3v) is 0. The zero-order chi connectivity index (χ0) is 2.00. The van der Waals surface area contributed by atoms with Crippen LogP contribution in [0.3, 0.4) is 0 Å². The molecule has 0 aliphatic carbocycles. The molecule has 0 atom stereocenters. The SMILES string of the molecule is [Cu].[H-].[Na+].[O]=[Co].[Ti]. The van der Waals surface area contributed by atoms with E-state index < -0.39 is 0 Å². The van der Waals surface area contributed by atoms with Gasteiger partial charge in [0.2, 0.25) is 0 Å². The predicted molar refractivity (Wildman–Crippen MR) is 1.80 cm³/mol. The molecule has 0 rings (SSSR count). The Morgan fingerprint density at radius 2 is 1.40 bits per heavy atom. The van der Waals surface area contributed by atoms with Gasteiger partial charge >= 0.3 is 49.1 Å². The van der Waals surface area contributed by atoms with E-state index in [0.717, 1.165) is 0 Å². The van der Waals surface area contributed by atoms with Crippen LogP contribution in [0.25, 0.3) is 0 Å². The number of hydrogen-bond donors (Lipinski definition) is 0. The third kappa shape index (κ3) is 20.9. The zero-order valence-electron chi connectivity index (χ0n) is 3.54. The van der Waals surface area contributed by atoms with Crippen molar-refractivity contribution < 1.29 is 89.3 Å². The minimum Gasteiger partial charge on any atom is 0 e. The average molecular weight is 210 g/mol. The van der Waals surface area contributed by atoms with Crippen LogP contribution in [-0.2, 0) is 58.3 Å². The molecule has 0 unspecified atom stereocenters. The first-order valence-electron chi connectivity index (χ1n) is 0.136. The predicted octanol–water partition coefficient (Wildman–Crippen LogP) is -3.01. The molecule has 0 saturated heterocycles. The van der Waals surface area contributed by atoms with E-state index in [-0.39, 0.29) is 69.8 Å². The van der Waals surface area contributed by atoms with Crippen molar-refractivity contribution in [1.82, 2.24) is 0 Å². The maximum atomic E-state index is 7.94. The molecule has 0 aromatic carbocycles. The van der Waals surface area contributed by atoms with Crippen molar-refractivity contribution in [2.45, 2.75) is 0 Å². The van der Waals surface area contributed by atoms with E-state index in [2.05, 4.69) is 15.7 Å². The number of rotatable bonds is 0. The van der Waals surface area contributed by atoms with Gasteiger partial charge in [-0.1, -0.05) is 0 Å². The molecule has 0 amide bonds. The van der Waals surface area contributed by atoms with Crippen molar-refractivity contribution in [2.75, 3.05) is 0 Å². The molecule has 0 aliphatic rings. The Morgan fingerprint density at radius 1 is 1.40 bits per heavy atom. The summed E-state index contributed by atoms with van der Waals surface area (Å²) in [4.78, 5) is 0. The van der Waals surface area contributed by atoms with Crippen LogP contribution in [0.4, 0.5) is 0 Å². The van der Waals surface area contributed by atoms with Gasteiger partial charge in [0.25, 0.3) is 0 Å². The maximum Gasteiger partial charge on any atom is 0 e. The van der Waals surface area contributed by atoms with Gasteiger partial charge in [-0.3, -0.25) is 0 Å². The zero-order valence-corrected chi connectivity index (χ0v) is 8.09. The summed E-state index contributed by atoms with van der Waals surface area (Å²) in [6.45, 7) is 0. The van der Waals surface area contributed by atoms with Crippen LogP contribution in [0.2, 0.25) is 0 Å². The minimum absolute atomic E-state index is 0. The molecule has 0 saturated carbocycles. The molecule has 1 nitrogen and oxygen atoms in total. The van der Waals surface area contributed by atoms with E-state index in [4.69, 9.17) is 3.87 Å². The van der Waals surface area contributed by atoms with Gasteiger partial charge in [-0.2, -0.15) is 0 Å². The summed E-state index contributed by atoms with van der Waals surface area (Å²) < 4.78 is 7.94. The largest absolute Gasteiger partial charge is 0 e. The van der Waals surface area contributed by atoms with Crippen LogP contribution in [0, 0.1) is 0 Å². The molecular weight excluding hydrogens is 209 g/mol. The molecule has 0 bridgehead atoms. The van der Waals surface area contributed by atoms with Crippen LogP contribution in [0.5, 0.6) is 0 Å². The van der Waals surface area contributed by atoms with Crippen LogP contribution < -0.4 is 29.6 Å². The van der Waals surface area contributed by atoms with Crippen molar-refractivity contribution in [2.24, 2.45) is 0 Å². The monoisotopic (exact) mass is 210 g/mol. The fourth-order valence-corrected chi connectivity index (χ4v) is 0. The topological polar surface area (TPSA) is 17.1 Å². The summed E-state index contributed by atoms with van der Waals surface area (Å²) >= 11 is 2.31. The molecule has 0 fully saturated rings. The van der Waals surface area contributed by atoms with Crippen molar-refractivity contribution >= 4 is 0 Å². The Hall–Kier alpha value is 2.54. The molecule has 0 aliphatic heterocycles. The van der Waals surface area contributed by atoms with Gasteiger partial charge in [0, 0.05) is 38.8 Å². The molecule has 1 radical (unpaired) electrons. The summed E-state index contributed by atoms with van der Waals surface area (Å²) in [6.07, 6.45) is 0. The first kappa shape index (κ1) is 25.7. The molecule has 0 spiro atoms. The standard InChI is InChI=1S/Co.Cu.Na.O.Ti.H/q;;+1;;;-1. The van der Waals surface area contributed by atoms with Gasteiger partial charge in [0.05, 0.1) is 0 Å². The van der Waals surface area contributed by atoms with Gasteiger partial charge < -0.3 is 1.43 Å². The molecular formula is HCoCuNaOTi. The second kappa shape index (κ2) is 31.1. The van der Waals surface area contributed by atoms with E-state index in [0.29, 0.717) is 0 Å². The van der Waals surface area contributed by atoms with Crippen molar-refractivity contribution in [1.29, 1.82) is 0 Å². The van der Waals surface area contributed by atoms with Crippen LogP contribution >= 0.6 is 0 Å². The van der Waals surface area contributed by atoms with Crippen molar-refractivity contribution in [3.05, 3.63) is 0 Å². The quantitative estimate of drug-likeness (QED) is 0.389. The second-order valence-electron chi connectivity index (χ2n) is 0. The van der Waals surface area contributed by atoms with Gasteiger partial charge in [0.1, 0.15) is 0 Å². The van der Waals surface area contributed by atoms with Gasteiger partial charge in [-0.15, -0.1) is 0 Å². The summed E-state index contributed by atoms with van der Waals surface area (Å²) in [5.74, 6) is 0. The normalized spacial score (nSPS) is 1.00. The summed E-state index contributed by atoms with van der Waals surface area (Å²) in [6, 6.07) is 0. The van der Waals surface area contributed by atoms with Crippen LogP contribution in [0.15, 0.2) is 0 Å². The first-order chi connectivity index (χ1) is 1.00. The molecule has 0 aromatic rings. The van der Waals surface area contributed by atoms with Gasteiger partial charge in [0.15, 0.2) is 0 Å².